The number of nitrogens with zero attached hydrogens (tertiary/aromatic N) is 5. The van der Waals surface area contributed by atoms with Crippen molar-refractivity contribution in [2.24, 2.45) is 0 Å². The van der Waals surface area contributed by atoms with E-state index < -0.39 is 23.9 Å². The minimum absolute atomic E-state index is 0.0212. The Morgan fingerprint density at radius 2 is 1.86 bits per heavy atom. The normalized spacial score (nSPS) is 11.6. The van der Waals surface area contributed by atoms with E-state index in [0.717, 1.165) is 18.5 Å². The molecular weight excluding hydrogens is 480 g/mol. The second-order valence-corrected chi connectivity index (χ2v) is 8.38. The van der Waals surface area contributed by atoms with Crippen LogP contribution in [0.15, 0.2) is 30.5 Å². The number of esters is 1. The standard InChI is InChI=1S/C24H30N8O5/c1-3-4-11-37-18(33)10-9-17(23(35)36)29-22(34)14-5-7-16(8-6-14)32(2)13-15-12-27-21-19(28-15)20(25)30-24(26)31-21/h5-8,12,17H,3-4,9-11,13H2,1-2H3,(H,29,34)(H,35,36)(H4,25,26,27,30,31). The number of aromatic nitrogens is 4. The Morgan fingerprint density at radius 1 is 1.14 bits per heavy atom. The first-order chi connectivity index (χ1) is 17.7. The van der Waals surface area contributed by atoms with Crippen LogP contribution in [0.2, 0.25) is 0 Å². The van der Waals surface area contributed by atoms with Crippen molar-refractivity contribution >= 4 is 46.5 Å². The first-order valence-corrected chi connectivity index (χ1v) is 11.7. The van der Waals surface area contributed by atoms with E-state index in [1.165, 1.54) is 0 Å². The molecule has 2 aromatic heterocycles. The van der Waals surface area contributed by atoms with Crippen LogP contribution in [-0.4, -0.2) is 62.6 Å². The SMILES string of the molecule is CCCCOC(=O)CCC(NC(=O)c1ccc(N(C)Cc2cnc3nc(N)nc(N)c3n2)cc1)C(=O)O. The number of ether oxygens (including phenoxy) is 1. The lowest BCUT2D eigenvalue weighted by Gasteiger charge is -2.19. The van der Waals surface area contributed by atoms with Gasteiger partial charge in [0.1, 0.15) is 6.04 Å². The highest BCUT2D eigenvalue weighted by Gasteiger charge is 2.22. The number of unbranched alkanes of at least 4 members (excludes halogenated alkanes) is 1. The number of nitrogens with two attached hydrogens (primary N) is 2. The fourth-order valence-electron chi connectivity index (χ4n) is 3.42. The number of nitrogen functional groups attached to an aromatic ring is 2. The topological polar surface area (TPSA) is 200 Å². The van der Waals surface area contributed by atoms with Crippen molar-refractivity contribution in [3.8, 4) is 0 Å². The first kappa shape index (κ1) is 27.0. The van der Waals surface area contributed by atoms with Crippen molar-refractivity contribution in [1.29, 1.82) is 0 Å². The van der Waals surface area contributed by atoms with E-state index in [-0.39, 0.29) is 30.2 Å². The van der Waals surface area contributed by atoms with Crippen LogP contribution in [0.1, 0.15) is 48.7 Å². The van der Waals surface area contributed by atoms with E-state index in [2.05, 4.69) is 25.3 Å². The van der Waals surface area contributed by atoms with Crippen molar-refractivity contribution in [3.63, 3.8) is 0 Å². The minimum Gasteiger partial charge on any atom is -0.480 e. The summed E-state index contributed by atoms with van der Waals surface area (Å²) in [5, 5.41) is 11.9. The Bertz CT molecular complexity index is 1270. The molecule has 3 aromatic rings. The highest BCUT2D eigenvalue weighted by molar-refractivity contribution is 5.97. The predicted molar refractivity (Wildman–Crippen MR) is 136 cm³/mol. The molecule has 0 fully saturated rings. The second kappa shape index (κ2) is 12.4. The van der Waals surface area contributed by atoms with Gasteiger partial charge in [0, 0.05) is 24.7 Å². The quantitative estimate of drug-likeness (QED) is 0.202. The summed E-state index contributed by atoms with van der Waals surface area (Å²) in [7, 11) is 1.84. The molecule has 2 heterocycles. The summed E-state index contributed by atoms with van der Waals surface area (Å²) < 4.78 is 5.04. The Kier molecular flexibility index (Phi) is 9.08. The van der Waals surface area contributed by atoms with Crippen LogP contribution in [0.25, 0.3) is 11.2 Å². The number of carboxylic acids is 1. The molecule has 196 valence electrons. The number of benzene rings is 1. The van der Waals surface area contributed by atoms with E-state index in [4.69, 9.17) is 16.2 Å². The van der Waals surface area contributed by atoms with E-state index >= 15 is 0 Å². The molecule has 6 N–H and O–H groups in total. The number of carbonyl (C=O) groups excluding carboxylic acids is 2. The average molecular weight is 511 g/mol. The number of hydrogen-bond donors (Lipinski definition) is 4. The number of rotatable bonds is 12. The maximum Gasteiger partial charge on any atom is 0.326 e. The number of nitrogens with one attached hydrogen (secondary N) is 1. The van der Waals surface area contributed by atoms with Gasteiger partial charge in [-0.1, -0.05) is 13.3 Å². The summed E-state index contributed by atoms with van der Waals surface area (Å²) in [6.45, 7) is 2.65. The Morgan fingerprint density at radius 3 is 2.54 bits per heavy atom. The van der Waals surface area contributed by atoms with Gasteiger partial charge in [0.05, 0.1) is 25.0 Å². The van der Waals surface area contributed by atoms with Crippen LogP contribution < -0.4 is 21.7 Å². The number of carbonyl (C=O) groups is 3. The van der Waals surface area contributed by atoms with Gasteiger partial charge in [-0.05, 0) is 37.1 Å². The Hall–Kier alpha value is -4.55. The monoisotopic (exact) mass is 510 g/mol. The van der Waals surface area contributed by atoms with E-state index in [1.807, 2.05) is 18.9 Å². The summed E-state index contributed by atoms with van der Waals surface area (Å²) in [4.78, 5) is 54.5. The maximum atomic E-state index is 12.6. The number of anilines is 3. The lowest BCUT2D eigenvalue weighted by molar-refractivity contribution is -0.144. The first-order valence-electron chi connectivity index (χ1n) is 11.7. The van der Waals surface area contributed by atoms with E-state index in [9.17, 15) is 19.5 Å². The van der Waals surface area contributed by atoms with Gasteiger partial charge in [-0.3, -0.25) is 9.59 Å². The molecule has 37 heavy (non-hydrogen) atoms. The molecule has 0 saturated carbocycles. The number of hydrogen-bond acceptors (Lipinski definition) is 11. The van der Waals surface area contributed by atoms with Crippen LogP contribution >= 0.6 is 0 Å². The van der Waals surface area contributed by atoms with Crippen LogP contribution in [0, 0.1) is 0 Å². The predicted octanol–water partition coefficient (Wildman–Crippen LogP) is 1.53. The molecule has 1 unspecified atom stereocenters. The molecule has 0 aliphatic heterocycles. The number of aliphatic carboxylic acids is 1. The third-order valence-corrected chi connectivity index (χ3v) is 5.47. The summed E-state index contributed by atoms with van der Waals surface area (Å²) in [5.74, 6) is -2.11. The Balaban J connectivity index is 1.59. The molecule has 3 rings (SSSR count). The van der Waals surface area contributed by atoms with Crippen LogP contribution in [0.4, 0.5) is 17.5 Å². The van der Waals surface area contributed by atoms with Crippen molar-refractivity contribution in [3.05, 3.63) is 41.7 Å². The maximum absolute atomic E-state index is 12.6. The largest absolute Gasteiger partial charge is 0.480 e. The van der Waals surface area contributed by atoms with Gasteiger partial charge >= 0.3 is 11.9 Å². The summed E-state index contributed by atoms with van der Waals surface area (Å²) in [6, 6.07) is 5.40. The molecule has 0 spiro atoms. The molecule has 0 radical (unpaired) electrons. The molecule has 1 atom stereocenters. The van der Waals surface area contributed by atoms with Crippen molar-refractivity contribution in [2.45, 2.75) is 45.2 Å². The van der Waals surface area contributed by atoms with Gasteiger partial charge in [-0.25, -0.2) is 14.8 Å². The average Bonchev–Trinajstić information content (AvgIpc) is 2.86. The zero-order chi connectivity index (χ0) is 26.9. The molecule has 0 bridgehead atoms. The van der Waals surface area contributed by atoms with Gasteiger partial charge in [-0.15, -0.1) is 0 Å². The molecule has 13 nitrogen and oxygen atoms in total. The molecular formula is C24H30N8O5. The summed E-state index contributed by atoms with van der Waals surface area (Å²) >= 11 is 0. The second-order valence-electron chi connectivity index (χ2n) is 8.38. The fourth-order valence-corrected chi connectivity index (χ4v) is 3.42. The lowest BCUT2D eigenvalue weighted by Crippen LogP contribution is -2.41. The molecule has 1 aromatic carbocycles. The highest BCUT2D eigenvalue weighted by Crippen LogP contribution is 2.19. The van der Waals surface area contributed by atoms with Gasteiger partial charge in [-0.2, -0.15) is 9.97 Å². The smallest absolute Gasteiger partial charge is 0.326 e. The van der Waals surface area contributed by atoms with Gasteiger partial charge in [0.25, 0.3) is 5.91 Å². The van der Waals surface area contributed by atoms with Gasteiger partial charge in [0.15, 0.2) is 17.0 Å². The molecule has 13 heteroatoms. The Labute approximate surface area is 213 Å². The van der Waals surface area contributed by atoms with E-state index in [0.29, 0.717) is 30.0 Å². The third kappa shape index (κ3) is 7.46. The number of amides is 1. The van der Waals surface area contributed by atoms with Crippen LogP contribution in [0.5, 0.6) is 0 Å². The van der Waals surface area contributed by atoms with Gasteiger partial charge in [0.2, 0.25) is 5.95 Å². The zero-order valence-corrected chi connectivity index (χ0v) is 20.7. The van der Waals surface area contributed by atoms with Crippen molar-refractivity contribution in [2.75, 3.05) is 30.0 Å². The minimum atomic E-state index is -1.23. The number of carboxylic acid groups (broad SMARTS) is 1. The fraction of sp³-hybridized carbons (Fsp3) is 0.375. The molecule has 1 amide bonds. The highest BCUT2D eigenvalue weighted by atomic mass is 16.5. The number of fused-ring (bicyclic) bond motifs is 1. The lowest BCUT2D eigenvalue weighted by atomic mass is 10.1. The van der Waals surface area contributed by atoms with Crippen molar-refractivity contribution in [1.82, 2.24) is 25.3 Å². The summed E-state index contributed by atoms with van der Waals surface area (Å²) in [5.41, 5.74) is 13.8. The molecule has 0 aliphatic rings. The van der Waals surface area contributed by atoms with Gasteiger partial charge < -0.3 is 31.5 Å². The van der Waals surface area contributed by atoms with E-state index in [1.54, 1.807) is 30.5 Å². The third-order valence-electron chi connectivity index (χ3n) is 5.47. The zero-order valence-electron chi connectivity index (χ0n) is 20.7. The van der Waals surface area contributed by atoms with Crippen LogP contribution in [-0.2, 0) is 20.9 Å². The summed E-state index contributed by atoms with van der Waals surface area (Å²) in [6.07, 6.45) is 3.02. The van der Waals surface area contributed by atoms with Crippen molar-refractivity contribution < 1.29 is 24.2 Å². The molecule has 0 aliphatic carbocycles. The van der Waals surface area contributed by atoms with Crippen LogP contribution in [0.3, 0.4) is 0 Å². The molecule has 0 saturated heterocycles.